The van der Waals surface area contributed by atoms with Crippen LogP contribution in [0.15, 0.2) is 46.9 Å². The number of nitrogens with zero attached hydrogens (tertiary/aromatic N) is 1. The molecule has 0 saturated carbocycles. The molecule has 0 atom stereocenters. The van der Waals surface area contributed by atoms with Gasteiger partial charge in [-0.1, -0.05) is 39.7 Å². The van der Waals surface area contributed by atoms with Gasteiger partial charge in [0.05, 0.1) is 11.6 Å². The van der Waals surface area contributed by atoms with Gasteiger partial charge in [0, 0.05) is 22.6 Å². The zero-order valence-electron chi connectivity index (χ0n) is 10.2. The summed E-state index contributed by atoms with van der Waals surface area (Å²) in [6.07, 6.45) is 0. The van der Waals surface area contributed by atoms with Gasteiger partial charge in [0.15, 0.2) is 0 Å². The van der Waals surface area contributed by atoms with Crippen molar-refractivity contribution in [3.63, 3.8) is 0 Å². The van der Waals surface area contributed by atoms with Crippen molar-refractivity contribution in [2.45, 2.75) is 13.1 Å². The van der Waals surface area contributed by atoms with Gasteiger partial charge in [0.25, 0.3) is 0 Å². The molecule has 2 nitrogen and oxygen atoms in total. The molecule has 4 heteroatoms. The van der Waals surface area contributed by atoms with Crippen LogP contribution in [0.25, 0.3) is 0 Å². The van der Waals surface area contributed by atoms with Gasteiger partial charge in [-0.05, 0) is 41.5 Å². The molecule has 96 valence electrons. The first-order valence-corrected chi connectivity index (χ1v) is 7.00. The molecule has 0 spiro atoms. The van der Waals surface area contributed by atoms with Gasteiger partial charge in [-0.2, -0.15) is 5.26 Å². The molecule has 0 amide bonds. The standard InChI is InChI=1S/C15H12BrClN2/c16-14-4-5-15(17)13(7-14)10-19-9-12-3-1-2-11(6-12)8-18/h1-7,19H,9-10H2. The van der Waals surface area contributed by atoms with Crippen molar-refractivity contribution in [1.82, 2.24) is 5.32 Å². The molecule has 19 heavy (non-hydrogen) atoms. The Kier molecular flexibility index (Phi) is 4.98. The normalized spacial score (nSPS) is 10.2. The number of rotatable bonds is 4. The Morgan fingerprint density at radius 3 is 2.79 bits per heavy atom. The SMILES string of the molecule is N#Cc1cccc(CNCc2cc(Br)ccc2Cl)c1. The third-order valence-corrected chi connectivity index (χ3v) is 3.57. The van der Waals surface area contributed by atoms with E-state index in [9.17, 15) is 0 Å². The third-order valence-electron chi connectivity index (χ3n) is 2.71. The fraction of sp³-hybridized carbons (Fsp3) is 0.133. The van der Waals surface area contributed by atoms with Crippen LogP contribution in [-0.4, -0.2) is 0 Å². The molecule has 0 fully saturated rings. The Morgan fingerprint density at radius 2 is 2.00 bits per heavy atom. The minimum Gasteiger partial charge on any atom is -0.309 e. The van der Waals surface area contributed by atoms with Gasteiger partial charge in [-0.15, -0.1) is 0 Å². The second-order valence-electron chi connectivity index (χ2n) is 4.15. The smallest absolute Gasteiger partial charge is 0.0991 e. The lowest BCUT2D eigenvalue weighted by atomic mass is 10.1. The highest BCUT2D eigenvalue weighted by molar-refractivity contribution is 9.10. The van der Waals surface area contributed by atoms with E-state index in [2.05, 4.69) is 27.3 Å². The number of hydrogen-bond acceptors (Lipinski definition) is 2. The molecule has 0 aliphatic rings. The van der Waals surface area contributed by atoms with Crippen LogP contribution in [-0.2, 0) is 13.1 Å². The van der Waals surface area contributed by atoms with Crippen LogP contribution >= 0.6 is 27.5 Å². The van der Waals surface area contributed by atoms with E-state index >= 15 is 0 Å². The molecule has 1 N–H and O–H groups in total. The molecule has 0 heterocycles. The maximum Gasteiger partial charge on any atom is 0.0991 e. The molecule has 0 unspecified atom stereocenters. The second-order valence-corrected chi connectivity index (χ2v) is 5.47. The predicted octanol–water partition coefficient (Wildman–Crippen LogP) is 4.26. The lowest BCUT2D eigenvalue weighted by Gasteiger charge is -2.07. The first-order valence-electron chi connectivity index (χ1n) is 5.83. The average Bonchev–Trinajstić information content (AvgIpc) is 2.43. The molecule has 2 rings (SSSR count). The van der Waals surface area contributed by atoms with Crippen LogP contribution in [0, 0.1) is 11.3 Å². The van der Waals surface area contributed by atoms with E-state index in [1.807, 2.05) is 36.4 Å². The van der Waals surface area contributed by atoms with Gasteiger partial charge < -0.3 is 5.32 Å². The number of benzene rings is 2. The van der Waals surface area contributed by atoms with Crippen LogP contribution in [0.3, 0.4) is 0 Å². The van der Waals surface area contributed by atoms with E-state index in [-0.39, 0.29) is 0 Å². The summed E-state index contributed by atoms with van der Waals surface area (Å²) in [4.78, 5) is 0. The summed E-state index contributed by atoms with van der Waals surface area (Å²) >= 11 is 9.55. The van der Waals surface area contributed by atoms with E-state index in [1.165, 1.54) is 0 Å². The topological polar surface area (TPSA) is 35.8 Å². The maximum atomic E-state index is 8.84. The van der Waals surface area contributed by atoms with Gasteiger partial charge >= 0.3 is 0 Å². The van der Waals surface area contributed by atoms with Crippen molar-refractivity contribution in [1.29, 1.82) is 5.26 Å². The van der Waals surface area contributed by atoms with E-state index in [0.29, 0.717) is 18.7 Å². The van der Waals surface area contributed by atoms with Crippen molar-refractivity contribution in [2.24, 2.45) is 0 Å². The predicted molar refractivity (Wildman–Crippen MR) is 80.9 cm³/mol. The summed E-state index contributed by atoms with van der Waals surface area (Å²) in [6, 6.07) is 15.5. The Hall–Kier alpha value is -1.34. The fourth-order valence-electron chi connectivity index (χ4n) is 1.77. The van der Waals surface area contributed by atoms with Crippen molar-refractivity contribution >= 4 is 27.5 Å². The summed E-state index contributed by atoms with van der Waals surface area (Å²) in [7, 11) is 0. The highest BCUT2D eigenvalue weighted by atomic mass is 79.9. The van der Waals surface area contributed by atoms with Crippen molar-refractivity contribution in [3.05, 3.63) is 68.7 Å². The number of nitriles is 1. The van der Waals surface area contributed by atoms with Crippen molar-refractivity contribution in [3.8, 4) is 6.07 Å². The van der Waals surface area contributed by atoms with Crippen LogP contribution in [0.2, 0.25) is 5.02 Å². The summed E-state index contributed by atoms with van der Waals surface area (Å²) < 4.78 is 1.01. The summed E-state index contributed by atoms with van der Waals surface area (Å²) in [5.41, 5.74) is 2.82. The molecule has 0 radical (unpaired) electrons. The van der Waals surface area contributed by atoms with E-state index in [4.69, 9.17) is 16.9 Å². The Bertz CT molecular complexity index is 620. The monoisotopic (exact) mass is 334 g/mol. The Labute approximate surface area is 126 Å². The molecular formula is C15H12BrClN2. The molecule has 0 aliphatic heterocycles. The van der Waals surface area contributed by atoms with Crippen molar-refractivity contribution in [2.75, 3.05) is 0 Å². The second kappa shape index (κ2) is 6.72. The molecular weight excluding hydrogens is 324 g/mol. The highest BCUT2D eigenvalue weighted by Crippen LogP contribution is 2.20. The van der Waals surface area contributed by atoms with Crippen LogP contribution in [0.1, 0.15) is 16.7 Å². The number of nitrogens with one attached hydrogen (secondary N) is 1. The largest absolute Gasteiger partial charge is 0.309 e. The van der Waals surface area contributed by atoms with E-state index in [0.717, 1.165) is 20.6 Å². The highest BCUT2D eigenvalue weighted by Gasteiger charge is 2.01. The maximum absolute atomic E-state index is 8.84. The zero-order chi connectivity index (χ0) is 13.7. The quantitative estimate of drug-likeness (QED) is 0.906. The summed E-state index contributed by atoms with van der Waals surface area (Å²) in [6.45, 7) is 1.40. The van der Waals surface area contributed by atoms with Gasteiger partial charge in [-0.25, -0.2) is 0 Å². The summed E-state index contributed by atoms with van der Waals surface area (Å²) in [5.74, 6) is 0. The average molecular weight is 336 g/mol. The Balaban J connectivity index is 1.96. The van der Waals surface area contributed by atoms with E-state index in [1.54, 1.807) is 6.07 Å². The first-order chi connectivity index (χ1) is 9.19. The number of hydrogen-bond donors (Lipinski definition) is 1. The van der Waals surface area contributed by atoms with Gasteiger partial charge in [-0.3, -0.25) is 0 Å². The van der Waals surface area contributed by atoms with Crippen LogP contribution < -0.4 is 5.32 Å². The first kappa shape index (κ1) is 14.1. The minimum absolute atomic E-state index is 0.680. The van der Waals surface area contributed by atoms with Gasteiger partial charge in [0.2, 0.25) is 0 Å². The minimum atomic E-state index is 0.680. The van der Waals surface area contributed by atoms with Crippen LogP contribution in [0.4, 0.5) is 0 Å². The molecule has 0 aliphatic carbocycles. The molecule has 2 aromatic carbocycles. The van der Waals surface area contributed by atoms with Gasteiger partial charge in [0.1, 0.15) is 0 Å². The molecule has 0 saturated heterocycles. The van der Waals surface area contributed by atoms with E-state index < -0.39 is 0 Å². The Morgan fingerprint density at radius 1 is 1.16 bits per heavy atom. The third kappa shape index (κ3) is 4.07. The zero-order valence-corrected chi connectivity index (χ0v) is 12.5. The van der Waals surface area contributed by atoms with Crippen LogP contribution in [0.5, 0.6) is 0 Å². The van der Waals surface area contributed by atoms with Crippen molar-refractivity contribution < 1.29 is 0 Å². The molecule has 0 bridgehead atoms. The summed E-state index contributed by atoms with van der Waals surface area (Å²) in [5, 5.41) is 12.9. The number of halogens is 2. The molecule has 2 aromatic rings. The molecule has 0 aromatic heterocycles. The lowest BCUT2D eigenvalue weighted by molar-refractivity contribution is 0.693. The fourth-order valence-corrected chi connectivity index (χ4v) is 2.36. The lowest BCUT2D eigenvalue weighted by Crippen LogP contribution is -2.13.